The number of fused-ring (bicyclic) bond motifs is 4. The Hall–Kier alpha value is -2.46. The van der Waals surface area contributed by atoms with Crippen LogP contribution in [-0.4, -0.2) is 13.2 Å². The molecular formula is C23H20O3. The molecule has 3 nitrogen and oxygen atoms in total. The van der Waals surface area contributed by atoms with Crippen molar-refractivity contribution in [2.75, 3.05) is 13.2 Å². The summed E-state index contributed by atoms with van der Waals surface area (Å²) in [6, 6.07) is 29.0. The Morgan fingerprint density at radius 1 is 0.692 bits per heavy atom. The van der Waals surface area contributed by atoms with Crippen LogP contribution in [0, 0.1) is 0 Å². The van der Waals surface area contributed by atoms with Crippen LogP contribution in [0.3, 0.4) is 0 Å². The summed E-state index contributed by atoms with van der Waals surface area (Å²) in [4.78, 5) is 0. The van der Waals surface area contributed by atoms with Gasteiger partial charge in [0.05, 0.1) is 19.1 Å². The van der Waals surface area contributed by atoms with Gasteiger partial charge < -0.3 is 14.2 Å². The average molecular weight is 344 g/mol. The molecule has 1 fully saturated rings. The maximum Gasteiger partial charge on any atom is 0.209 e. The number of hydrogen-bond donors (Lipinski definition) is 0. The predicted molar refractivity (Wildman–Crippen MR) is 98.6 cm³/mol. The van der Waals surface area contributed by atoms with Crippen LogP contribution in [0.1, 0.15) is 34.5 Å². The van der Waals surface area contributed by atoms with Crippen LogP contribution in [0.15, 0.2) is 84.9 Å². The second kappa shape index (κ2) is 6.36. The standard InChI is InChI=1S/C23H20O3/c1-3-9-17(10-4-1)21-19-13-7-8-14-20(19)22-24-15-16-25-23(21,26-22)18-11-5-2-6-12-18/h1-14,21-22H,15-16H2. The Balaban J connectivity index is 1.80. The zero-order valence-electron chi connectivity index (χ0n) is 14.4. The normalized spacial score (nSPS) is 27.4. The van der Waals surface area contributed by atoms with Crippen LogP contribution in [-0.2, 0) is 20.0 Å². The number of ether oxygens (including phenoxy) is 3. The molecule has 130 valence electrons. The highest BCUT2D eigenvalue weighted by Gasteiger charge is 2.52. The topological polar surface area (TPSA) is 27.7 Å². The Morgan fingerprint density at radius 3 is 2.12 bits per heavy atom. The first-order valence-electron chi connectivity index (χ1n) is 9.01. The number of hydrogen-bond acceptors (Lipinski definition) is 3. The molecule has 0 amide bonds. The summed E-state index contributed by atoms with van der Waals surface area (Å²) >= 11 is 0. The Morgan fingerprint density at radius 2 is 1.35 bits per heavy atom. The highest BCUT2D eigenvalue weighted by atomic mass is 16.8. The van der Waals surface area contributed by atoms with Crippen molar-refractivity contribution in [1.29, 1.82) is 0 Å². The zero-order chi connectivity index (χ0) is 17.4. The summed E-state index contributed by atoms with van der Waals surface area (Å²) in [6.07, 6.45) is -0.422. The van der Waals surface area contributed by atoms with Crippen molar-refractivity contribution in [1.82, 2.24) is 0 Å². The van der Waals surface area contributed by atoms with E-state index in [1.165, 1.54) is 11.1 Å². The molecule has 0 radical (unpaired) electrons. The third-order valence-corrected chi connectivity index (χ3v) is 5.20. The van der Waals surface area contributed by atoms with Gasteiger partial charge in [-0.15, -0.1) is 0 Å². The molecule has 5 rings (SSSR count). The molecule has 2 bridgehead atoms. The van der Waals surface area contributed by atoms with Gasteiger partial charge in [0.2, 0.25) is 5.79 Å². The molecule has 0 N–H and O–H groups in total. The Bertz CT molecular complexity index is 894. The Kier molecular flexibility index (Phi) is 3.86. The van der Waals surface area contributed by atoms with E-state index in [0.29, 0.717) is 13.2 Å². The van der Waals surface area contributed by atoms with E-state index in [0.717, 1.165) is 11.1 Å². The molecule has 3 heteroatoms. The first-order valence-corrected chi connectivity index (χ1v) is 9.01. The predicted octanol–water partition coefficient (Wildman–Crippen LogP) is 4.75. The molecule has 0 aromatic heterocycles. The van der Waals surface area contributed by atoms with Crippen molar-refractivity contribution in [3.63, 3.8) is 0 Å². The molecule has 0 aliphatic carbocycles. The molecule has 2 heterocycles. The van der Waals surface area contributed by atoms with Gasteiger partial charge in [-0.3, -0.25) is 0 Å². The second-order valence-corrected chi connectivity index (χ2v) is 6.68. The summed E-state index contributed by atoms with van der Waals surface area (Å²) < 4.78 is 19.0. The molecule has 3 atom stereocenters. The van der Waals surface area contributed by atoms with Crippen LogP contribution in [0.5, 0.6) is 0 Å². The lowest BCUT2D eigenvalue weighted by Crippen LogP contribution is -2.44. The summed E-state index contributed by atoms with van der Waals surface area (Å²) in [7, 11) is 0. The van der Waals surface area contributed by atoms with Crippen molar-refractivity contribution in [2.24, 2.45) is 0 Å². The highest BCUT2D eigenvalue weighted by Crippen LogP contribution is 2.54. The summed E-state index contributed by atoms with van der Waals surface area (Å²) in [6.45, 7) is 0.998. The molecule has 3 aromatic carbocycles. The minimum Gasteiger partial charge on any atom is -0.346 e. The van der Waals surface area contributed by atoms with E-state index in [2.05, 4.69) is 54.6 Å². The lowest BCUT2D eigenvalue weighted by molar-refractivity contribution is -0.305. The van der Waals surface area contributed by atoms with Gasteiger partial charge in [0.15, 0.2) is 6.29 Å². The van der Waals surface area contributed by atoms with Gasteiger partial charge in [0.1, 0.15) is 0 Å². The molecule has 1 saturated heterocycles. The van der Waals surface area contributed by atoms with Crippen molar-refractivity contribution in [3.8, 4) is 0 Å². The van der Waals surface area contributed by atoms with Gasteiger partial charge in [-0.05, 0) is 11.1 Å². The second-order valence-electron chi connectivity index (χ2n) is 6.68. The minimum atomic E-state index is -0.905. The van der Waals surface area contributed by atoms with Crippen molar-refractivity contribution < 1.29 is 14.2 Å². The van der Waals surface area contributed by atoms with Crippen LogP contribution in [0.2, 0.25) is 0 Å². The average Bonchev–Trinajstić information content (AvgIpc) is 2.91. The number of benzene rings is 3. The van der Waals surface area contributed by atoms with Crippen molar-refractivity contribution >= 4 is 0 Å². The zero-order valence-corrected chi connectivity index (χ0v) is 14.4. The Labute approximate surface area is 153 Å². The first kappa shape index (κ1) is 15.8. The van der Waals surface area contributed by atoms with Gasteiger partial charge in [-0.1, -0.05) is 84.9 Å². The molecule has 26 heavy (non-hydrogen) atoms. The van der Waals surface area contributed by atoms with E-state index >= 15 is 0 Å². The van der Waals surface area contributed by atoms with E-state index in [-0.39, 0.29) is 5.92 Å². The summed E-state index contributed by atoms with van der Waals surface area (Å²) in [5, 5.41) is 0. The van der Waals surface area contributed by atoms with Crippen LogP contribution < -0.4 is 0 Å². The summed E-state index contributed by atoms with van der Waals surface area (Å²) in [5.41, 5.74) is 4.46. The molecule has 3 aromatic rings. The van der Waals surface area contributed by atoms with Gasteiger partial charge in [0, 0.05) is 11.1 Å². The smallest absolute Gasteiger partial charge is 0.209 e. The SMILES string of the molecule is c1ccc(C2c3ccccc3C3OCCOC2(c2ccccc2)O3)cc1. The first-order chi connectivity index (χ1) is 12.9. The summed E-state index contributed by atoms with van der Waals surface area (Å²) in [5.74, 6) is -0.974. The van der Waals surface area contributed by atoms with Gasteiger partial charge in [-0.25, -0.2) is 0 Å². The lowest BCUT2D eigenvalue weighted by Gasteiger charge is -2.45. The van der Waals surface area contributed by atoms with E-state index in [9.17, 15) is 0 Å². The van der Waals surface area contributed by atoms with E-state index < -0.39 is 12.1 Å². The molecule has 2 aliphatic rings. The largest absolute Gasteiger partial charge is 0.346 e. The van der Waals surface area contributed by atoms with Gasteiger partial charge in [0.25, 0.3) is 0 Å². The van der Waals surface area contributed by atoms with Gasteiger partial charge >= 0.3 is 0 Å². The third kappa shape index (κ3) is 2.40. The maximum atomic E-state index is 6.57. The van der Waals surface area contributed by atoms with Crippen LogP contribution >= 0.6 is 0 Å². The molecule has 0 saturated carbocycles. The fraction of sp³-hybridized carbons (Fsp3) is 0.217. The quantitative estimate of drug-likeness (QED) is 0.672. The molecular weight excluding hydrogens is 324 g/mol. The fourth-order valence-electron chi connectivity index (χ4n) is 4.11. The highest BCUT2D eigenvalue weighted by molar-refractivity contribution is 5.45. The third-order valence-electron chi connectivity index (χ3n) is 5.20. The van der Waals surface area contributed by atoms with E-state index in [4.69, 9.17) is 14.2 Å². The molecule has 0 spiro atoms. The minimum absolute atomic E-state index is 0.0692. The van der Waals surface area contributed by atoms with E-state index in [1.807, 2.05) is 30.3 Å². The van der Waals surface area contributed by atoms with Crippen molar-refractivity contribution in [2.45, 2.75) is 18.0 Å². The fourth-order valence-corrected chi connectivity index (χ4v) is 4.11. The van der Waals surface area contributed by atoms with Crippen molar-refractivity contribution in [3.05, 3.63) is 107 Å². The van der Waals surface area contributed by atoms with Crippen LogP contribution in [0.25, 0.3) is 0 Å². The molecule has 2 aliphatic heterocycles. The maximum absolute atomic E-state index is 6.57. The van der Waals surface area contributed by atoms with E-state index in [1.54, 1.807) is 0 Å². The molecule has 3 unspecified atom stereocenters. The monoisotopic (exact) mass is 344 g/mol. The van der Waals surface area contributed by atoms with Crippen LogP contribution in [0.4, 0.5) is 0 Å². The number of rotatable bonds is 2. The lowest BCUT2D eigenvalue weighted by atomic mass is 9.77. The van der Waals surface area contributed by atoms with Gasteiger partial charge in [-0.2, -0.15) is 0 Å².